The molecular formula is C15H17N5O2. The monoisotopic (exact) mass is 299 g/mol. The predicted molar refractivity (Wildman–Crippen MR) is 85.3 cm³/mol. The Bertz CT molecular complexity index is 778. The third kappa shape index (κ3) is 2.41. The van der Waals surface area contributed by atoms with Crippen molar-refractivity contribution in [2.24, 2.45) is 5.10 Å². The van der Waals surface area contributed by atoms with Crippen LogP contribution >= 0.6 is 0 Å². The van der Waals surface area contributed by atoms with Crippen LogP contribution in [0.3, 0.4) is 0 Å². The maximum Gasteiger partial charge on any atom is 0.321 e. The normalized spacial score (nSPS) is 12.9. The summed E-state index contributed by atoms with van der Waals surface area (Å²) < 4.78 is 0. The van der Waals surface area contributed by atoms with Crippen LogP contribution in [0.4, 0.5) is 10.5 Å². The Morgan fingerprint density at radius 3 is 3.00 bits per heavy atom. The molecule has 1 aromatic heterocycles. The molecule has 0 radical (unpaired) electrons. The molecule has 7 nitrogen and oxygen atoms in total. The minimum absolute atomic E-state index is 0.203. The van der Waals surface area contributed by atoms with Crippen LogP contribution in [0, 0.1) is 0 Å². The van der Waals surface area contributed by atoms with Crippen LogP contribution in [0.15, 0.2) is 23.4 Å². The lowest BCUT2D eigenvalue weighted by atomic mass is 10.1. The van der Waals surface area contributed by atoms with Crippen molar-refractivity contribution in [3.63, 3.8) is 0 Å². The van der Waals surface area contributed by atoms with E-state index < -0.39 is 0 Å². The molecule has 0 atom stereocenters. The first-order valence-corrected chi connectivity index (χ1v) is 7.10. The van der Waals surface area contributed by atoms with Gasteiger partial charge in [0.15, 0.2) is 0 Å². The molecule has 2 heterocycles. The van der Waals surface area contributed by atoms with Gasteiger partial charge in [-0.3, -0.25) is 4.79 Å². The van der Waals surface area contributed by atoms with E-state index in [1.54, 1.807) is 30.4 Å². The number of urea groups is 1. The lowest BCUT2D eigenvalue weighted by Gasteiger charge is -2.17. The van der Waals surface area contributed by atoms with Crippen molar-refractivity contribution in [3.05, 3.63) is 29.5 Å². The number of H-pyrrole nitrogens is 1. The molecule has 1 aliphatic rings. The third-order valence-corrected chi connectivity index (χ3v) is 3.58. The zero-order valence-electron chi connectivity index (χ0n) is 12.4. The minimum Gasteiger partial charge on any atom is -0.360 e. The second kappa shape index (κ2) is 5.51. The molecule has 3 rings (SSSR count). The number of amides is 3. The number of hydrogen-bond acceptors (Lipinski definition) is 3. The highest BCUT2D eigenvalue weighted by atomic mass is 16.2. The summed E-state index contributed by atoms with van der Waals surface area (Å²) in [5, 5.41) is 7.49. The number of carbonyl (C=O) groups is 2. The Morgan fingerprint density at radius 2 is 2.23 bits per heavy atom. The molecule has 0 saturated heterocycles. The molecule has 0 spiro atoms. The van der Waals surface area contributed by atoms with Gasteiger partial charge in [-0.2, -0.15) is 5.10 Å². The molecule has 1 aliphatic heterocycles. The SMILES string of the molecule is CCCN(C)C(=O)Nc1cc2c3c(c[nH]c3c1)C=NNC2=O. The van der Waals surface area contributed by atoms with E-state index in [0.29, 0.717) is 17.8 Å². The number of aromatic amines is 1. The standard InChI is InChI=1S/C15H17N5O2/c1-3-4-20(2)15(22)18-10-5-11-13-9(7-16-12(13)6-10)8-17-19-14(11)21/h5-8,16H,3-4H2,1-2H3,(H,18,22)(H,19,21). The molecule has 114 valence electrons. The van der Waals surface area contributed by atoms with Crippen LogP contribution in [-0.2, 0) is 0 Å². The fourth-order valence-corrected chi connectivity index (χ4v) is 2.52. The number of hydrazone groups is 1. The summed E-state index contributed by atoms with van der Waals surface area (Å²) in [6.45, 7) is 2.68. The second-order valence-electron chi connectivity index (χ2n) is 5.24. The number of rotatable bonds is 3. The molecule has 22 heavy (non-hydrogen) atoms. The van der Waals surface area contributed by atoms with Crippen molar-refractivity contribution in [2.75, 3.05) is 18.9 Å². The number of benzene rings is 1. The summed E-state index contributed by atoms with van der Waals surface area (Å²) in [5.74, 6) is -0.294. The highest BCUT2D eigenvalue weighted by Gasteiger charge is 2.19. The first kappa shape index (κ1) is 14.1. The summed E-state index contributed by atoms with van der Waals surface area (Å²) in [6.07, 6.45) is 4.27. The maximum absolute atomic E-state index is 12.1. The summed E-state index contributed by atoms with van der Waals surface area (Å²) >= 11 is 0. The molecule has 0 saturated carbocycles. The summed E-state index contributed by atoms with van der Waals surface area (Å²) in [7, 11) is 1.74. The van der Waals surface area contributed by atoms with Crippen molar-refractivity contribution >= 4 is 34.7 Å². The molecular weight excluding hydrogens is 282 g/mol. The zero-order valence-corrected chi connectivity index (χ0v) is 12.4. The summed E-state index contributed by atoms with van der Waals surface area (Å²) in [4.78, 5) is 28.9. The van der Waals surface area contributed by atoms with Crippen molar-refractivity contribution in [1.29, 1.82) is 0 Å². The van der Waals surface area contributed by atoms with E-state index in [2.05, 4.69) is 20.8 Å². The van der Waals surface area contributed by atoms with E-state index in [4.69, 9.17) is 0 Å². The van der Waals surface area contributed by atoms with Gasteiger partial charge in [0.25, 0.3) is 5.91 Å². The average molecular weight is 299 g/mol. The molecule has 0 fully saturated rings. The number of aromatic nitrogens is 1. The number of nitrogens with zero attached hydrogens (tertiary/aromatic N) is 2. The quantitative estimate of drug-likeness (QED) is 0.810. The molecule has 3 N–H and O–H groups in total. The third-order valence-electron chi connectivity index (χ3n) is 3.58. The van der Waals surface area contributed by atoms with E-state index in [1.807, 2.05) is 13.0 Å². The fourth-order valence-electron chi connectivity index (χ4n) is 2.52. The molecule has 0 unspecified atom stereocenters. The average Bonchev–Trinajstić information content (AvgIpc) is 2.82. The predicted octanol–water partition coefficient (Wildman–Crippen LogP) is 2.12. The Labute approximate surface area is 127 Å². The smallest absolute Gasteiger partial charge is 0.321 e. The van der Waals surface area contributed by atoms with E-state index in [-0.39, 0.29) is 11.9 Å². The van der Waals surface area contributed by atoms with Gasteiger partial charge in [-0.1, -0.05) is 6.92 Å². The van der Waals surface area contributed by atoms with Crippen LogP contribution in [0.25, 0.3) is 10.9 Å². The van der Waals surface area contributed by atoms with Crippen LogP contribution in [0.5, 0.6) is 0 Å². The van der Waals surface area contributed by atoms with Crippen molar-refractivity contribution in [2.45, 2.75) is 13.3 Å². The van der Waals surface area contributed by atoms with Gasteiger partial charge >= 0.3 is 6.03 Å². The van der Waals surface area contributed by atoms with E-state index in [9.17, 15) is 9.59 Å². The number of carbonyl (C=O) groups excluding carboxylic acids is 2. The van der Waals surface area contributed by atoms with Gasteiger partial charge in [0.05, 0.1) is 11.8 Å². The van der Waals surface area contributed by atoms with Crippen LogP contribution in [0.1, 0.15) is 29.3 Å². The Kier molecular flexibility index (Phi) is 3.54. The molecule has 1 aromatic carbocycles. The van der Waals surface area contributed by atoms with Gasteiger partial charge in [-0.25, -0.2) is 10.2 Å². The van der Waals surface area contributed by atoms with Gasteiger partial charge in [-0.15, -0.1) is 0 Å². The summed E-state index contributed by atoms with van der Waals surface area (Å²) in [5.41, 5.74) is 5.13. The van der Waals surface area contributed by atoms with Crippen LogP contribution in [-0.4, -0.2) is 41.6 Å². The van der Waals surface area contributed by atoms with Gasteiger partial charge in [0.1, 0.15) is 0 Å². The highest BCUT2D eigenvalue weighted by molar-refractivity contribution is 6.15. The van der Waals surface area contributed by atoms with Crippen molar-refractivity contribution < 1.29 is 9.59 Å². The second-order valence-corrected chi connectivity index (χ2v) is 5.24. The van der Waals surface area contributed by atoms with E-state index in [1.165, 1.54) is 0 Å². The Hall–Kier alpha value is -2.83. The largest absolute Gasteiger partial charge is 0.360 e. The molecule has 2 aromatic rings. The van der Waals surface area contributed by atoms with Crippen LogP contribution < -0.4 is 10.7 Å². The minimum atomic E-state index is -0.294. The van der Waals surface area contributed by atoms with Crippen molar-refractivity contribution in [1.82, 2.24) is 15.3 Å². The lowest BCUT2D eigenvalue weighted by molar-refractivity contribution is 0.0957. The summed E-state index contributed by atoms with van der Waals surface area (Å²) in [6, 6.07) is 3.28. The van der Waals surface area contributed by atoms with Crippen molar-refractivity contribution in [3.8, 4) is 0 Å². The number of hydrogen-bond donors (Lipinski definition) is 3. The zero-order chi connectivity index (χ0) is 15.7. The molecule has 3 amide bonds. The first-order chi connectivity index (χ1) is 10.6. The van der Waals surface area contributed by atoms with Gasteiger partial charge in [0, 0.05) is 41.9 Å². The van der Waals surface area contributed by atoms with Gasteiger partial charge in [-0.05, 0) is 18.6 Å². The van der Waals surface area contributed by atoms with Gasteiger partial charge < -0.3 is 15.2 Å². The molecule has 0 aliphatic carbocycles. The fraction of sp³-hybridized carbons (Fsp3) is 0.267. The number of nitrogens with one attached hydrogen (secondary N) is 3. The van der Waals surface area contributed by atoms with E-state index >= 15 is 0 Å². The number of anilines is 1. The maximum atomic E-state index is 12.1. The van der Waals surface area contributed by atoms with Crippen LogP contribution in [0.2, 0.25) is 0 Å². The van der Waals surface area contributed by atoms with E-state index in [0.717, 1.165) is 22.9 Å². The molecule has 0 bridgehead atoms. The Morgan fingerprint density at radius 1 is 1.41 bits per heavy atom. The Balaban J connectivity index is 1.98. The topological polar surface area (TPSA) is 89.6 Å². The first-order valence-electron chi connectivity index (χ1n) is 7.10. The highest BCUT2D eigenvalue weighted by Crippen LogP contribution is 2.27. The lowest BCUT2D eigenvalue weighted by Crippen LogP contribution is -2.32. The van der Waals surface area contributed by atoms with Gasteiger partial charge in [0.2, 0.25) is 0 Å². The molecule has 7 heteroatoms.